The summed E-state index contributed by atoms with van der Waals surface area (Å²) in [5.74, 6) is 0. The summed E-state index contributed by atoms with van der Waals surface area (Å²) in [7, 11) is 0. The van der Waals surface area contributed by atoms with Crippen LogP contribution in [0.2, 0.25) is 0 Å². The molecule has 0 saturated carbocycles. The first kappa shape index (κ1) is 72.8. The third-order valence-electron chi connectivity index (χ3n) is 0. The Balaban J connectivity index is 0. The van der Waals surface area contributed by atoms with E-state index in [0.29, 0.717) is 0 Å². The molecular formula is H2Cl3OTl. The molecule has 0 atom stereocenters. The van der Waals surface area contributed by atoms with Crippen molar-refractivity contribution < 1.29 is 42.7 Å². The number of halogens is 3. The molecule has 0 unspecified atom stereocenters. The van der Waals surface area contributed by atoms with Crippen molar-refractivity contribution in [2.45, 2.75) is 0 Å². The minimum atomic E-state index is 0. The molecule has 0 heterocycles. The van der Waals surface area contributed by atoms with Gasteiger partial charge < -0.3 is 42.7 Å². The molecule has 0 rings (SSSR count). The van der Waals surface area contributed by atoms with Crippen LogP contribution in [0.15, 0.2) is 0 Å². The summed E-state index contributed by atoms with van der Waals surface area (Å²) < 4.78 is 0. The van der Waals surface area contributed by atoms with Crippen LogP contribution in [0, 0.1) is 0 Å². The first-order chi connectivity index (χ1) is 0. The van der Waals surface area contributed by atoms with Gasteiger partial charge in [0.2, 0.25) is 0 Å². The second kappa shape index (κ2) is 42.3. The summed E-state index contributed by atoms with van der Waals surface area (Å²) in [6, 6.07) is 0. The minimum absolute atomic E-state index is 0. The summed E-state index contributed by atoms with van der Waals surface area (Å²) >= 11 is 0. The first-order valence-electron chi connectivity index (χ1n) is 0. The second-order valence-corrected chi connectivity index (χ2v) is 0. The smallest absolute Gasteiger partial charge is 1.00 e. The van der Waals surface area contributed by atoms with E-state index in [1.165, 1.54) is 0 Å². The van der Waals surface area contributed by atoms with Crippen LogP contribution in [-0.4, -0.2) is 32.8 Å². The van der Waals surface area contributed by atoms with Crippen LogP contribution < -0.4 is 37.2 Å². The van der Waals surface area contributed by atoms with E-state index in [4.69, 9.17) is 0 Å². The Hall–Kier alpha value is 1.75. The zero-order chi connectivity index (χ0) is 0. The largest absolute Gasteiger partial charge is 3.00 e. The van der Waals surface area contributed by atoms with Crippen LogP contribution >= 0.6 is 0 Å². The molecule has 0 aliphatic carbocycles. The van der Waals surface area contributed by atoms with Gasteiger partial charge in [0, 0.05) is 0 Å². The van der Waals surface area contributed by atoms with Crippen molar-refractivity contribution in [1.29, 1.82) is 0 Å². The van der Waals surface area contributed by atoms with Crippen molar-refractivity contribution in [3.63, 3.8) is 0 Å². The molecule has 0 aromatic heterocycles. The van der Waals surface area contributed by atoms with Crippen molar-refractivity contribution in [3.05, 3.63) is 0 Å². The molecule has 0 aliphatic heterocycles. The van der Waals surface area contributed by atoms with E-state index in [9.17, 15) is 0 Å². The van der Waals surface area contributed by atoms with Crippen molar-refractivity contribution >= 4 is 27.3 Å². The molecule has 0 aromatic rings. The van der Waals surface area contributed by atoms with Crippen LogP contribution in [0.25, 0.3) is 0 Å². The van der Waals surface area contributed by atoms with E-state index in [2.05, 4.69) is 0 Å². The van der Waals surface area contributed by atoms with Gasteiger partial charge in [-0.15, -0.1) is 0 Å². The molecule has 5 heteroatoms. The zero-order valence-electron chi connectivity index (χ0n) is 2.21. The van der Waals surface area contributed by atoms with Crippen LogP contribution in [0.5, 0.6) is 0 Å². The summed E-state index contributed by atoms with van der Waals surface area (Å²) in [6.07, 6.45) is 0. The fourth-order valence-corrected chi connectivity index (χ4v) is 0. The molecule has 1 nitrogen and oxygen atoms in total. The molecule has 2 N–H and O–H groups in total. The van der Waals surface area contributed by atoms with Gasteiger partial charge >= 0.3 is 27.3 Å². The van der Waals surface area contributed by atoms with E-state index in [-0.39, 0.29) is 70.0 Å². The van der Waals surface area contributed by atoms with E-state index >= 15 is 0 Å². The monoisotopic (exact) mass is 328 g/mol. The number of hydrogen-bond acceptors (Lipinski definition) is 0. The predicted octanol–water partition coefficient (Wildman–Crippen LogP) is -10.2. The zero-order valence-corrected chi connectivity index (χ0v) is 8.97. The Kier molecular flexibility index (Phi) is 616. The quantitative estimate of drug-likeness (QED) is 0.396. The molecule has 0 aromatic carbocycles. The van der Waals surface area contributed by atoms with Gasteiger partial charge in [-0.2, -0.15) is 0 Å². The molecule has 0 bridgehead atoms. The molecule has 0 aliphatic rings. The van der Waals surface area contributed by atoms with Gasteiger partial charge in [0.05, 0.1) is 0 Å². The van der Waals surface area contributed by atoms with E-state index in [1.807, 2.05) is 0 Å². The maximum atomic E-state index is 0. The van der Waals surface area contributed by atoms with Gasteiger partial charge in [-0.25, -0.2) is 0 Å². The van der Waals surface area contributed by atoms with Crippen LogP contribution in [0.4, 0.5) is 0 Å². The topological polar surface area (TPSA) is 31.5 Å². The summed E-state index contributed by atoms with van der Waals surface area (Å²) in [4.78, 5) is 0. The average Bonchev–Trinajstić information content (AvgIpc) is 0. The summed E-state index contributed by atoms with van der Waals surface area (Å²) in [5, 5.41) is 0. The van der Waals surface area contributed by atoms with E-state index < -0.39 is 0 Å². The fourth-order valence-electron chi connectivity index (χ4n) is 0. The Morgan fingerprint density at radius 1 is 0.600 bits per heavy atom. The van der Waals surface area contributed by atoms with E-state index in [1.54, 1.807) is 0 Å². The molecule has 0 fully saturated rings. The minimum Gasteiger partial charge on any atom is -1.00 e. The molecule has 0 radical (unpaired) electrons. The third kappa shape index (κ3) is 26.4. The molecule has 0 spiro atoms. The molecule has 0 saturated heterocycles. The van der Waals surface area contributed by atoms with E-state index in [0.717, 1.165) is 0 Å². The Morgan fingerprint density at radius 3 is 0.600 bits per heavy atom. The first-order valence-corrected chi connectivity index (χ1v) is 0. The second-order valence-electron chi connectivity index (χ2n) is 0. The summed E-state index contributed by atoms with van der Waals surface area (Å²) in [5.41, 5.74) is 0. The summed E-state index contributed by atoms with van der Waals surface area (Å²) in [6.45, 7) is 0. The van der Waals surface area contributed by atoms with Crippen molar-refractivity contribution in [1.82, 2.24) is 0 Å². The predicted molar refractivity (Wildman–Crippen MR) is 9.37 cm³/mol. The maximum absolute atomic E-state index is 0. The van der Waals surface area contributed by atoms with Crippen LogP contribution in [0.3, 0.4) is 0 Å². The Bertz CT molecular complexity index is 6.85. The normalized spacial score (nSPS) is 0. The van der Waals surface area contributed by atoms with Crippen LogP contribution in [-0.2, 0) is 0 Å². The van der Waals surface area contributed by atoms with Gasteiger partial charge in [-0.3, -0.25) is 0 Å². The molecule has 0 amide bonds. The SMILES string of the molecule is O.[Cl-].[Cl-].[Cl-].[Tl+3]. The molecule has 5 heavy (non-hydrogen) atoms. The van der Waals surface area contributed by atoms with Crippen molar-refractivity contribution in [3.8, 4) is 0 Å². The maximum Gasteiger partial charge on any atom is 3.00 e. The van der Waals surface area contributed by atoms with Gasteiger partial charge in [-0.1, -0.05) is 0 Å². The number of rotatable bonds is 0. The Labute approximate surface area is 69.6 Å². The third-order valence-corrected chi connectivity index (χ3v) is 0. The van der Waals surface area contributed by atoms with Gasteiger partial charge in [0.1, 0.15) is 0 Å². The van der Waals surface area contributed by atoms with Crippen molar-refractivity contribution in [2.24, 2.45) is 0 Å². The fraction of sp³-hybridized carbons (Fsp3) is 0. The van der Waals surface area contributed by atoms with Gasteiger partial charge in [0.15, 0.2) is 0 Å². The Morgan fingerprint density at radius 2 is 0.600 bits per heavy atom. The van der Waals surface area contributed by atoms with Crippen LogP contribution in [0.1, 0.15) is 0 Å². The van der Waals surface area contributed by atoms with Gasteiger partial charge in [0.25, 0.3) is 0 Å². The average molecular weight is 329 g/mol. The van der Waals surface area contributed by atoms with Crippen molar-refractivity contribution in [2.75, 3.05) is 0 Å². The number of hydrogen-bond donors (Lipinski definition) is 0. The standard InChI is InChI=1S/3ClH.H2O.Tl/h3*1H;1H2;/q;;;;+3/p-3. The molecule has 32 valence electrons. The molecular weight excluding hydrogens is 327 g/mol. The van der Waals surface area contributed by atoms with Gasteiger partial charge in [-0.05, 0) is 0 Å².